The van der Waals surface area contributed by atoms with E-state index in [1.807, 2.05) is 24.4 Å². The van der Waals surface area contributed by atoms with Gasteiger partial charge in [-0.05, 0) is 83.7 Å². The van der Waals surface area contributed by atoms with Crippen LogP contribution in [0.3, 0.4) is 0 Å². The quantitative estimate of drug-likeness (QED) is 0.181. The summed E-state index contributed by atoms with van der Waals surface area (Å²) in [4.78, 5) is 10.0. The fraction of sp³-hybridized carbons (Fsp3) is 0.268. The fourth-order valence-corrected chi connectivity index (χ4v) is 7.18. The molecule has 238 valence electrons. The second-order valence-electron chi connectivity index (χ2n) is 14.3. The number of aromatic hydroxyl groups is 1. The van der Waals surface area contributed by atoms with Crippen LogP contribution in [-0.2, 0) is 31.9 Å². The molecule has 3 nitrogen and oxygen atoms in total. The van der Waals surface area contributed by atoms with Crippen LogP contribution < -0.4 is 0 Å². The number of rotatable bonds is 4. The number of phenols is 1. The number of para-hydroxylation sites is 1. The maximum absolute atomic E-state index is 10.7. The summed E-state index contributed by atoms with van der Waals surface area (Å²) < 4.78 is 1.09. The van der Waals surface area contributed by atoms with Gasteiger partial charge in [0.15, 0.2) is 0 Å². The normalized spacial score (nSPS) is 11.9. The van der Waals surface area contributed by atoms with E-state index in [9.17, 15) is 5.11 Å². The van der Waals surface area contributed by atoms with Crippen molar-refractivity contribution in [2.75, 3.05) is 0 Å². The number of pyridine rings is 1. The molecular formula is C41H41N2OPtS-. The van der Waals surface area contributed by atoms with E-state index in [1.54, 1.807) is 17.4 Å². The molecule has 5 heteroatoms. The van der Waals surface area contributed by atoms with Gasteiger partial charge < -0.3 is 5.11 Å². The number of fused-ring (bicyclic) bond motifs is 1. The SMILES string of the molecule is Cc1cc(C)c(-c2cc(-c3cc(C(C)(C)C)ccn3)[c-]c(-c3cc(C(C)(C)C)cc4sc(-c5ccccc5O)nc34)c2)c(C)c1.[Pt]. The Hall–Kier alpha value is -3.59. The molecule has 0 radical (unpaired) electrons. The van der Waals surface area contributed by atoms with Gasteiger partial charge in [-0.3, -0.25) is 4.98 Å². The number of benzene rings is 4. The van der Waals surface area contributed by atoms with Crippen LogP contribution in [0.15, 0.2) is 79.0 Å². The molecule has 0 bridgehead atoms. The van der Waals surface area contributed by atoms with Crippen molar-refractivity contribution in [1.82, 2.24) is 9.97 Å². The topological polar surface area (TPSA) is 46.0 Å². The maximum Gasteiger partial charge on any atom is 0.127 e. The summed E-state index contributed by atoms with van der Waals surface area (Å²) >= 11 is 1.62. The zero-order chi connectivity index (χ0) is 32.3. The average Bonchev–Trinajstić information content (AvgIpc) is 3.39. The van der Waals surface area contributed by atoms with Gasteiger partial charge in [0.25, 0.3) is 0 Å². The zero-order valence-electron chi connectivity index (χ0n) is 28.1. The standard InChI is InChI=1S/C41H41N2OS.Pt/c1-24-16-25(2)37(26(3)17-24)29-19-27(18-28(20-29)34-22-30(14-15-42-34)40(4,5)6)33-21-31(41(7,8)9)23-36-38(33)43-39(45-36)32-12-10-11-13-35(32)44;/h10-17,19-23,44H,1-9H3;/q-1;. The van der Waals surface area contributed by atoms with Gasteiger partial charge in [-0.1, -0.05) is 100 Å². The predicted molar refractivity (Wildman–Crippen MR) is 191 cm³/mol. The Morgan fingerprint density at radius 2 is 1.37 bits per heavy atom. The number of thiazole rings is 1. The Morgan fingerprint density at radius 3 is 2.02 bits per heavy atom. The van der Waals surface area contributed by atoms with E-state index in [-0.39, 0.29) is 37.6 Å². The number of nitrogens with zero attached hydrogens (tertiary/aromatic N) is 2. The minimum Gasteiger partial charge on any atom is -0.507 e. The average molecular weight is 805 g/mol. The molecule has 6 rings (SSSR count). The molecule has 4 aromatic carbocycles. The van der Waals surface area contributed by atoms with Crippen molar-refractivity contribution in [2.24, 2.45) is 0 Å². The summed E-state index contributed by atoms with van der Waals surface area (Å²) in [5.74, 6) is 0.236. The van der Waals surface area contributed by atoms with E-state index < -0.39 is 0 Å². The predicted octanol–water partition coefficient (Wildman–Crippen LogP) is 11.4. The Bertz CT molecular complexity index is 2050. The third-order valence-corrected chi connectivity index (χ3v) is 9.56. The first-order chi connectivity index (χ1) is 21.2. The van der Waals surface area contributed by atoms with Crippen LogP contribution in [0.2, 0.25) is 0 Å². The molecule has 0 spiro atoms. The monoisotopic (exact) mass is 804 g/mol. The second kappa shape index (κ2) is 12.5. The molecule has 0 saturated heterocycles. The van der Waals surface area contributed by atoms with E-state index in [2.05, 4.69) is 117 Å². The van der Waals surface area contributed by atoms with Gasteiger partial charge in [-0.15, -0.1) is 35.1 Å². The molecule has 0 atom stereocenters. The number of hydrogen-bond acceptors (Lipinski definition) is 4. The molecule has 6 aromatic rings. The molecule has 2 aromatic heterocycles. The third kappa shape index (κ3) is 6.61. The van der Waals surface area contributed by atoms with Gasteiger partial charge in [0, 0.05) is 37.7 Å². The van der Waals surface area contributed by atoms with Crippen molar-refractivity contribution < 1.29 is 26.2 Å². The first-order valence-corrected chi connectivity index (χ1v) is 16.4. The fourth-order valence-electron chi connectivity index (χ4n) is 6.11. The van der Waals surface area contributed by atoms with Gasteiger partial charge in [-0.25, -0.2) is 4.98 Å². The molecule has 0 aliphatic heterocycles. The van der Waals surface area contributed by atoms with Crippen molar-refractivity contribution in [3.63, 3.8) is 0 Å². The van der Waals surface area contributed by atoms with Crippen molar-refractivity contribution in [3.05, 3.63) is 113 Å². The van der Waals surface area contributed by atoms with E-state index >= 15 is 0 Å². The summed E-state index contributed by atoms with van der Waals surface area (Å²) in [5.41, 5.74) is 14.1. The van der Waals surface area contributed by atoms with Crippen LogP contribution in [0.25, 0.3) is 54.3 Å². The molecule has 0 unspecified atom stereocenters. The van der Waals surface area contributed by atoms with Gasteiger partial charge >= 0.3 is 0 Å². The molecule has 0 saturated carbocycles. The van der Waals surface area contributed by atoms with Crippen molar-refractivity contribution in [1.29, 1.82) is 0 Å². The van der Waals surface area contributed by atoms with Crippen molar-refractivity contribution in [3.8, 4) is 49.8 Å². The van der Waals surface area contributed by atoms with Gasteiger partial charge in [0.1, 0.15) is 10.8 Å². The molecule has 2 heterocycles. The largest absolute Gasteiger partial charge is 0.507 e. The summed E-state index contributed by atoms with van der Waals surface area (Å²) in [5, 5.41) is 11.5. The molecule has 0 aliphatic rings. The molecule has 0 aliphatic carbocycles. The van der Waals surface area contributed by atoms with Crippen LogP contribution in [0.5, 0.6) is 5.75 Å². The van der Waals surface area contributed by atoms with Crippen LogP contribution >= 0.6 is 11.3 Å². The first kappa shape index (κ1) is 33.8. The zero-order valence-corrected chi connectivity index (χ0v) is 31.2. The van der Waals surface area contributed by atoms with Crippen molar-refractivity contribution in [2.45, 2.75) is 73.1 Å². The van der Waals surface area contributed by atoms with Crippen LogP contribution in [0.4, 0.5) is 0 Å². The second-order valence-corrected chi connectivity index (χ2v) is 15.3. The van der Waals surface area contributed by atoms with Gasteiger partial charge in [0.2, 0.25) is 0 Å². The molecular weight excluding hydrogens is 764 g/mol. The Balaban J connectivity index is 0.00000417. The minimum absolute atomic E-state index is 0. The van der Waals surface area contributed by atoms with E-state index in [1.165, 1.54) is 33.4 Å². The Kier molecular flexibility index (Phi) is 9.21. The molecule has 1 N–H and O–H groups in total. The third-order valence-electron chi connectivity index (χ3n) is 8.52. The number of phenolic OH excluding ortho intramolecular Hbond substituents is 1. The minimum atomic E-state index is -0.0743. The van der Waals surface area contributed by atoms with E-state index in [0.29, 0.717) is 0 Å². The molecule has 46 heavy (non-hydrogen) atoms. The van der Waals surface area contributed by atoms with Crippen LogP contribution in [-0.4, -0.2) is 15.1 Å². The van der Waals surface area contributed by atoms with Crippen LogP contribution in [0.1, 0.15) is 69.4 Å². The first-order valence-electron chi connectivity index (χ1n) is 15.6. The molecule has 0 fully saturated rings. The number of hydrogen-bond donors (Lipinski definition) is 1. The van der Waals surface area contributed by atoms with Crippen molar-refractivity contribution >= 4 is 21.6 Å². The maximum atomic E-state index is 10.7. The summed E-state index contributed by atoms with van der Waals surface area (Å²) in [6.45, 7) is 20.0. The smallest absolute Gasteiger partial charge is 0.127 e. The summed E-state index contributed by atoms with van der Waals surface area (Å²) in [6, 6.07) is 29.1. The van der Waals surface area contributed by atoms with E-state index in [4.69, 9.17) is 9.97 Å². The Labute approximate surface area is 292 Å². The van der Waals surface area contributed by atoms with Crippen LogP contribution in [0, 0.1) is 26.8 Å². The Morgan fingerprint density at radius 1 is 0.717 bits per heavy atom. The van der Waals surface area contributed by atoms with E-state index in [0.717, 1.165) is 48.7 Å². The van der Waals surface area contributed by atoms with Gasteiger partial charge in [-0.2, -0.15) is 0 Å². The molecule has 0 amide bonds. The number of aromatic nitrogens is 2. The summed E-state index contributed by atoms with van der Waals surface area (Å²) in [6.07, 6.45) is 1.91. The summed E-state index contributed by atoms with van der Waals surface area (Å²) in [7, 11) is 0. The number of aryl methyl sites for hydroxylation is 3. The van der Waals surface area contributed by atoms with Gasteiger partial charge in [0.05, 0.1) is 11.1 Å².